The fourth-order valence-electron chi connectivity index (χ4n) is 2.38. The topological polar surface area (TPSA) is 119 Å². The zero-order valence-corrected chi connectivity index (χ0v) is 18.4. The molecule has 31 heavy (non-hydrogen) atoms. The molecule has 170 valence electrons. The Morgan fingerprint density at radius 3 is 1.81 bits per heavy atom. The smallest absolute Gasteiger partial charge is 0.348 e. The van der Waals surface area contributed by atoms with Crippen LogP contribution in [0.3, 0.4) is 0 Å². The van der Waals surface area contributed by atoms with E-state index in [4.69, 9.17) is 28.0 Å². The first-order valence-corrected chi connectivity index (χ1v) is 10.9. The SMILES string of the molecule is COC(=O)[C@@H](Oc1ccc(OC)cc1)[C@@H](COS(C)(=O)=O)NOc1ccc(OC)cc1. The molecule has 2 aromatic carbocycles. The Bertz CT molecular complexity index is 930. The molecule has 0 aliphatic heterocycles. The quantitative estimate of drug-likeness (QED) is 0.287. The highest BCUT2D eigenvalue weighted by Gasteiger charge is 2.33. The van der Waals surface area contributed by atoms with Crippen LogP contribution in [0.4, 0.5) is 0 Å². The molecule has 0 aliphatic rings. The van der Waals surface area contributed by atoms with Crippen molar-refractivity contribution in [3.05, 3.63) is 48.5 Å². The molecule has 0 heterocycles. The molecule has 0 radical (unpaired) electrons. The normalized spacial score (nSPS) is 13.0. The fourth-order valence-corrected chi connectivity index (χ4v) is 2.77. The number of esters is 1. The second-order valence-electron chi connectivity index (χ2n) is 6.23. The third-order valence-corrected chi connectivity index (χ3v) is 4.53. The van der Waals surface area contributed by atoms with E-state index in [-0.39, 0.29) is 0 Å². The zero-order valence-electron chi connectivity index (χ0n) is 17.6. The summed E-state index contributed by atoms with van der Waals surface area (Å²) in [4.78, 5) is 17.9. The lowest BCUT2D eigenvalue weighted by atomic mass is 10.2. The van der Waals surface area contributed by atoms with Crippen LogP contribution < -0.4 is 24.5 Å². The molecule has 0 aliphatic carbocycles. The van der Waals surface area contributed by atoms with Crippen LogP contribution in [0.1, 0.15) is 0 Å². The van der Waals surface area contributed by atoms with E-state index in [9.17, 15) is 13.2 Å². The second kappa shape index (κ2) is 11.4. The summed E-state index contributed by atoms with van der Waals surface area (Å²) in [7, 11) is 0.443. The van der Waals surface area contributed by atoms with E-state index < -0.39 is 34.8 Å². The highest BCUT2D eigenvalue weighted by molar-refractivity contribution is 7.85. The van der Waals surface area contributed by atoms with Crippen molar-refractivity contribution in [1.82, 2.24) is 5.48 Å². The maximum Gasteiger partial charge on any atom is 0.348 e. The highest BCUT2D eigenvalue weighted by atomic mass is 32.2. The number of ether oxygens (including phenoxy) is 4. The van der Waals surface area contributed by atoms with Crippen molar-refractivity contribution in [1.29, 1.82) is 0 Å². The molecule has 10 nitrogen and oxygen atoms in total. The first-order chi connectivity index (χ1) is 14.8. The number of nitrogens with one attached hydrogen (secondary N) is 1. The number of benzene rings is 2. The lowest BCUT2D eigenvalue weighted by Crippen LogP contribution is -2.52. The molecule has 0 bridgehead atoms. The fraction of sp³-hybridized carbons (Fsp3) is 0.350. The zero-order chi connectivity index (χ0) is 22.9. The molecule has 0 aromatic heterocycles. The van der Waals surface area contributed by atoms with Gasteiger partial charge in [0.1, 0.15) is 29.0 Å². The summed E-state index contributed by atoms with van der Waals surface area (Å²) in [5.41, 5.74) is 2.62. The summed E-state index contributed by atoms with van der Waals surface area (Å²) in [5, 5.41) is 0. The van der Waals surface area contributed by atoms with Gasteiger partial charge in [-0.05, 0) is 48.5 Å². The van der Waals surface area contributed by atoms with Gasteiger partial charge in [-0.15, -0.1) is 5.48 Å². The lowest BCUT2D eigenvalue weighted by Gasteiger charge is -2.26. The van der Waals surface area contributed by atoms with Crippen molar-refractivity contribution in [3.63, 3.8) is 0 Å². The molecule has 1 N–H and O–H groups in total. The Labute approximate surface area is 181 Å². The van der Waals surface area contributed by atoms with Crippen molar-refractivity contribution in [2.75, 3.05) is 34.2 Å². The van der Waals surface area contributed by atoms with Crippen molar-refractivity contribution < 1.29 is 41.2 Å². The standard InChI is InChI=1S/C20H25NO9S/c1-25-14-5-9-16(10-6-14)29-19(20(22)27-3)18(13-28-31(4,23)24)21-30-17-11-7-15(26-2)8-12-17/h5-12,18-19,21H,13H2,1-4H3/t18-,19+/m1/s1. The Hall–Kier alpha value is -3.02. The van der Waals surface area contributed by atoms with Crippen LogP contribution in [-0.4, -0.2) is 60.7 Å². The van der Waals surface area contributed by atoms with Crippen molar-refractivity contribution >= 4 is 16.1 Å². The van der Waals surface area contributed by atoms with Crippen molar-refractivity contribution in [2.45, 2.75) is 12.1 Å². The van der Waals surface area contributed by atoms with Gasteiger partial charge in [0.2, 0.25) is 6.10 Å². The van der Waals surface area contributed by atoms with Crippen molar-refractivity contribution in [2.24, 2.45) is 0 Å². The van der Waals surface area contributed by atoms with Gasteiger partial charge in [0.25, 0.3) is 10.1 Å². The van der Waals surface area contributed by atoms with E-state index in [1.165, 1.54) is 21.3 Å². The molecule has 2 aromatic rings. The van der Waals surface area contributed by atoms with E-state index >= 15 is 0 Å². The predicted octanol–water partition coefficient (Wildman–Crippen LogP) is 1.55. The van der Waals surface area contributed by atoms with E-state index in [0.717, 1.165) is 6.26 Å². The lowest BCUT2D eigenvalue weighted by molar-refractivity contribution is -0.152. The highest BCUT2D eigenvalue weighted by Crippen LogP contribution is 2.21. The largest absolute Gasteiger partial charge is 0.497 e. The Balaban J connectivity index is 2.22. The minimum atomic E-state index is -3.80. The van der Waals surface area contributed by atoms with Crippen LogP contribution in [-0.2, 0) is 23.8 Å². The van der Waals surface area contributed by atoms with E-state index in [0.29, 0.717) is 23.0 Å². The first kappa shape index (κ1) is 24.3. The summed E-state index contributed by atoms with van der Waals surface area (Å²) < 4.78 is 48.6. The van der Waals surface area contributed by atoms with Crippen LogP contribution in [0.25, 0.3) is 0 Å². The van der Waals surface area contributed by atoms with Crippen molar-refractivity contribution in [3.8, 4) is 23.0 Å². The number of methoxy groups -OCH3 is 3. The van der Waals surface area contributed by atoms with Gasteiger partial charge < -0.3 is 23.8 Å². The van der Waals surface area contributed by atoms with Crippen LogP contribution in [0.2, 0.25) is 0 Å². The number of carbonyl (C=O) groups is 1. The van der Waals surface area contributed by atoms with Crippen LogP contribution >= 0.6 is 0 Å². The average molecular weight is 455 g/mol. The third-order valence-electron chi connectivity index (χ3n) is 3.97. The van der Waals surface area contributed by atoms with Gasteiger partial charge in [-0.1, -0.05) is 0 Å². The molecule has 0 saturated heterocycles. The van der Waals surface area contributed by atoms with Crippen LogP contribution in [0, 0.1) is 0 Å². The van der Waals surface area contributed by atoms with E-state index in [2.05, 4.69) is 5.48 Å². The van der Waals surface area contributed by atoms with Gasteiger partial charge >= 0.3 is 5.97 Å². The maximum absolute atomic E-state index is 12.4. The molecule has 0 saturated carbocycles. The van der Waals surface area contributed by atoms with Gasteiger partial charge in [0, 0.05) is 0 Å². The number of hydrogen-bond donors (Lipinski definition) is 1. The first-order valence-electron chi connectivity index (χ1n) is 9.05. The molecule has 2 atom stereocenters. The van der Waals surface area contributed by atoms with E-state index in [1.807, 2.05) is 0 Å². The molecule has 0 spiro atoms. The van der Waals surface area contributed by atoms with Crippen LogP contribution in [0.5, 0.6) is 23.0 Å². The minimum Gasteiger partial charge on any atom is -0.497 e. The maximum atomic E-state index is 12.4. The number of rotatable bonds is 12. The average Bonchev–Trinajstić information content (AvgIpc) is 2.77. The summed E-state index contributed by atoms with van der Waals surface area (Å²) in [5.74, 6) is 1.17. The summed E-state index contributed by atoms with van der Waals surface area (Å²) in [6, 6.07) is 12.0. The predicted molar refractivity (Wildman–Crippen MR) is 111 cm³/mol. The number of carbonyl (C=O) groups excluding carboxylic acids is 1. The number of hydrogen-bond acceptors (Lipinski definition) is 10. The molecule has 0 unspecified atom stereocenters. The Morgan fingerprint density at radius 1 is 0.871 bits per heavy atom. The summed E-state index contributed by atoms with van der Waals surface area (Å²) in [6.07, 6.45) is -0.398. The molecular weight excluding hydrogens is 430 g/mol. The minimum absolute atomic E-state index is 0.326. The van der Waals surface area contributed by atoms with Gasteiger partial charge in [-0.2, -0.15) is 8.42 Å². The number of hydroxylamine groups is 1. The summed E-state index contributed by atoms with van der Waals surface area (Å²) >= 11 is 0. The molecule has 0 fully saturated rings. The molecule has 2 rings (SSSR count). The molecular formula is C20H25NO9S. The Morgan fingerprint density at radius 2 is 1.35 bits per heavy atom. The van der Waals surface area contributed by atoms with Gasteiger partial charge in [0.15, 0.2) is 0 Å². The van der Waals surface area contributed by atoms with Gasteiger partial charge in [0.05, 0.1) is 34.2 Å². The van der Waals surface area contributed by atoms with Gasteiger partial charge in [-0.25, -0.2) is 4.79 Å². The Kier molecular flexibility index (Phi) is 8.91. The van der Waals surface area contributed by atoms with Crippen LogP contribution in [0.15, 0.2) is 48.5 Å². The van der Waals surface area contributed by atoms with Gasteiger partial charge in [-0.3, -0.25) is 4.18 Å². The van der Waals surface area contributed by atoms with E-state index in [1.54, 1.807) is 48.5 Å². The third kappa shape index (κ3) is 7.96. The summed E-state index contributed by atoms with van der Waals surface area (Å²) in [6.45, 7) is -0.453. The molecule has 0 amide bonds. The second-order valence-corrected chi connectivity index (χ2v) is 7.87. The molecule has 11 heteroatoms. The monoisotopic (exact) mass is 455 g/mol.